The molecule has 2 aromatic rings. The van der Waals surface area contributed by atoms with Gasteiger partial charge in [-0.3, -0.25) is 4.79 Å². The molecule has 1 N–H and O–H groups in total. The van der Waals surface area contributed by atoms with Gasteiger partial charge in [-0.15, -0.1) is 11.3 Å². The monoisotopic (exact) mass is 237 g/mol. The Hall–Kier alpha value is -1.62. The van der Waals surface area contributed by atoms with E-state index < -0.39 is 5.97 Å². The predicted molar refractivity (Wildman–Crippen MR) is 59.6 cm³/mol. The summed E-state index contributed by atoms with van der Waals surface area (Å²) >= 11 is 1.54. The van der Waals surface area contributed by atoms with Crippen LogP contribution >= 0.6 is 11.3 Å². The van der Waals surface area contributed by atoms with Gasteiger partial charge in [-0.25, -0.2) is 4.98 Å². The Kier molecular flexibility index (Phi) is 3.36. The van der Waals surface area contributed by atoms with Gasteiger partial charge in [0.25, 0.3) is 0 Å². The smallest absolute Gasteiger partial charge is 0.303 e. The zero-order valence-electron chi connectivity index (χ0n) is 8.55. The summed E-state index contributed by atoms with van der Waals surface area (Å²) < 4.78 is 5.22. The van der Waals surface area contributed by atoms with Crippen molar-refractivity contribution in [3.8, 4) is 0 Å². The summed E-state index contributed by atoms with van der Waals surface area (Å²) in [5, 5.41) is 11.4. The van der Waals surface area contributed by atoms with Gasteiger partial charge in [0.15, 0.2) is 0 Å². The van der Waals surface area contributed by atoms with E-state index in [1.165, 1.54) is 11.3 Å². The Balaban J connectivity index is 1.94. The molecule has 84 valence electrons. The van der Waals surface area contributed by atoms with Crippen molar-refractivity contribution in [1.29, 1.82) is 0 Å². The molecule has 5 heteroatoms. The van der Waals surface area contributed by atoms with Crippen LogP contribution < -0.4 is 0 Å². The molecule has 0 aromatic carbocycles. The maximum atomic E-state index is 10.4. The number of carbonyl (C=O) groups is 1. The zero-order valence-corrected chi connectivity index (χ0v) is 9.37. The summed E-state index contributed by atoms with van der Waals surface area (Å²) in [6, 6.07) is 3.74. The van der Waals surface area contributed by atoms with Crippen LogP contribution in [-0.4, -0.2) is 16.1 Å². The number of carboxylic acids is 1. The first-order chi connectivity index (χ1) is 7.74. The Bertz CT molecular complexity index is 461. The zero-order chi connectivity index (χ0) is 11.4. The van der Waals surface area contributed by atoms with Crippen molar-refractivity contribution >= 4 is 17.3 Å². The number of rotatable bonds is 5. The minimum Gasteiger partial charge on any atom is -0.481 e. The van der Waals surface area contributed by atoms with Gasteiger partial charge in [0.05, 0.1) is 24.8 Å². The number of aromatic nitrogens is 1. The van der Waals surface area contributed by atoms with Crippen molar-refractivity contribution in [2.24, 2.45) is 0 Å². The second-order valence-corrected chi connectivity index (χ2v) is 4.33. The average molecular weight is 237 g/mol. The molecule has 0 aliphatic carbocycles. The molecule has 16 heavy (non-hydrogen) atoms. The minimum atomic E-state index is -0.791. The van der Waals surface area contributed by atoms with Crippen LogP contribution in [0, 0.1) is 0 Å². The third kappa shape index (κ3) is 2.93. The van der Waals surface area contributed by atoms with Crippen LogP contribution in [-0.2, 0) is 17.6 Å². The first-order valence-electron chi connectivity index (χ1n) is 4.91. The topological polar surface area (TPSA) is 63.3 Å². The van der Waals surface area contributed by atoms with Crippen molar-refractivity contribution in [2.45, 2.75) is 19.3 Å². The second kappa shape index (κ2) is 4.94. The summed E-state index contributed by atoms with van der Waals surface area (Å²) in [5.74, 6) is 0.0831. The van der Waals surface area contributed by atoms with Crippen molar-refractivity contribution in [3.63, 3.8) is 0 Å². The molecule has 2 heterocycles. The first kappa shape index (κ1) is 10.9. The molecule has 0 atom stereocenters. The van der Waals surface area contributed by atoms with Gasteiger partial charge >= 0.3 is 5.97 Å². The van der Waals surface area contributed by atoms with E-state index in [4.69, 9.17) is 9.52 Å². The number of carboxylic acid groups (broad SMARTS) is 1. The van der Waals surface area contributed by atoms with E-state index in [1.54, 1.807) is 6.26 Å². The largest absolute Gasteiger partial charge is 0.481 e. The highest BCUT2D eigenvalue weighted by Gasteiger charge is 2.06. The number of hydrogen-bond acceptors (Lipinski definition) is 4. The highest BCUT2D eigenvalue weighted by molar-refractivity contribution is 7.09. The number of furan rings is 1. The molecule has 0 radical (unpaired) electrons. The number of thiazole rings is 1. The van der Waals surface area contributed by atoms with E-state index in [9.17, 15) is 4.79 Å². The maximum absolute atomic E-state index is 10.4. The van der Waals surface area contributed by atoms with Crippen molar-refractivity contribution < 1.29 is 14.3 Å². The fourth-order valence-electron chi connectivity index (χ4n) is 1.34. The quantitative estimate of drug-likeness (QED) is 0.867. The summed E-state index contributed by atoms with van der Waals surface area (Å²) in [4.78, 5) is 14.7. The van der Waals surface area contributed by atoms with Crippen LogP contribution in [0.15, 0.2) is 28.2 Å². The molecule has 2 aromatic heterocycles. The fraction of sp³-hybridized carbons (Fsp3) is 0.273. The molecule has 0 saturated heterocycles. The summed E-state index contributed by atoms with van der Waals surface area (Å²) in [6.07, 6.45) is 2.92. The minimum absolute atomic E-state index is 0.129. The van der Waals surface area contributed by atoms with Crippen LogP contribution in [0.5, 0.6) is 0 Å². The molecule has 0 fully saturated rings. The number of nitrogens with zero attached hydrogens (tertiary/aromatic N) is 1. The van der Waals surface area contributed by atoms with Gasteiger partial charge in [-0.1, -0.05) is 0 Å². The lowest BCUT2D eigenvalue weighted by atomic mass is 10.2. The van der Waals surface area contributed by atoms with E-state index in [0.717, 1.165) is 16.5 Å². The number of hydrogen-bond donors (Lipinski definition) is 1. The molecule has 0 amide bonds. The van der Waals surface area contributed by atoms with E-state index >= 15 is 0 Å². The Morgan fingerprint density at radius 2 is 2.44 bits per heavy atom. The molecule has 0 bridgehead atoms. The van der Waals surface area contributed by atoms with Gasteiger partial charge < -0.3 is 9.52 Å². The highest BCUT2D eigenvalue weighted by Crippen LogP contribution is 2.16. The van der Waals surface area contributed by atoms with Crippen LogP contribution in [0.4, 0.5) is 0 Å². The molecule has 4 nitrogen and oxygen atoms in total. The van der Waals surface area contributed by atoms with Crippen molar-refractivity contribution in [1.82, 2.24) is 4.98 Å². The first-order valence-corrected chi connectivity index (χ1v) is 5.79. The van der Waals surface area contributed by atoms with Gasteiger partial charge in [-0.2, -0.15) is 0 Å². The van der Waals surface area contributed by atoms with Crippen LogP contribution in [0.25, 0.3) is 0 Å². The maximum Gasteiger partial charge on any atom is 0.303 e. The number of aryl methyl sites for hydroxylation is 1. The lowest BCUT2D eigenvalue weighted by Crippen LogP contribution is -1.97. The molecular formula is C11H11NO3S. The molecule has 0 unspecified atom stereocenters. The molecule has 0 spiro atoms. The van der Waals surface area contributed by atoms with Gasteiger partial charge in [0.2, 0.25) is 0 Å². The van der Waals surface area contributed by atoms with E-state index in [1.807, 2.05) is 17.5 Å². The normalized spacial score (nSPS) is 10.5. The van der Waals surface area contributed by atoms with Gasteiger partial charge in [0.1, 0.15) is 10.8 Å². The molecule has 2 rings (SSSR count). The van der Waals surface area contributed by atoms with Crippen LogP contribution in [0.2, 0.25) is 0 Å². The van der Waals surface area contributed by atoms with Gasteiger partial charge in [0, 0.05) is 11.8 Å². The fourth-order valence-corrected chi connectivity index (χ4v) is 2.18. The SMILES string of the molecule is O=C(O)CCc1csc(Cc2ccco2)n1. The standard InChI is InChI=1S/C11H11NO3S/c13-11(14)4-3-8-7-16-10(12-8)6-9-2-1-5-15-9/h1-2,5,7H,3-4,6H2,(H,13,14). The number of aliphatic carboxylic acids is 1. The second-order valence-electron chi connectivity index (χ2n) is 3.38. The third-order valence-corrected chi connectivity index (χ3v) is 3.00. The van der Waals surface area contributed by atoms with Crippen molar-refractivity contribution in [3.05, 3.63) is 40.2 Å². The van der Waals surface area contributed by atoms with E-state index in [2.05, 4.69) is 4.98 Å². The van der Waals surface area contributed by atoms with Crippen molar-refractivity contribution in [2.75, 3.05) is 0 Å². The summed E-state index contributed by atoms with van der Waals surface area (Å²) in [5.41, 5.74) is 0.842. The Labute approximate surface area is 96.6 Å². The van der Waals surface area contributed by atoms with E-state index in [-0.39, 0.29) is 6.42 Å². The lowest BCUT2D eigenvalue weighted by molar-refractivity contribution is -0.136. The molecule has 0 aliphatic heterocycles. The molecular weight excluding hydrogens is 226 g/mol. The summed E-state index contributed by atoms with van der Waals surface area (Å²) in [6.45, 7) is 0. The van der Waals surface area contributed by atoms with E-state index in [0.29, 0.717) is 12.8 Å². The molecule has 0 saturated carbocycles. The lowest BCUT2D eigenvalue weighted by Gasteiger charge is -1.92. The average Bonchev–Trinajstić information content (AvgIpc) is 2.87. The predicted octanol–water partition coefficient (Wildman–Crippen LogP) is 2.34. The Morgan fingerprint density at radius 3 is 3.12 bits per heavy atom. The van der Waals surface area contributed by atoms with Gasteiger partial charge in [-0.05, 0) is 12.1 Å². The third-order valence-electron chi connectivity index (χ3n) is 2.10. The highest BCUT2D eigenvalue weighted by atomic mass is 32.1. The van der Waals surface area contributed by atoms with Crippen LogP contribution in [0.3, 0.4) is 0 Å². The molecule has 0 aliphatic rings. The Morgan fingerprint density at radius 1 is 1.56 bits per heavy atom. The van der Waals surface area contributed by atoms with Crippen LogP contribution in [0.1, 0.15) is 22.9 Å². The summed E-state index contributed by atoms with van der Waals surface area (Å²) in [7, 11) is 0.